The van der Waals surface area contributed by atoms with Crippen LogP contribution in [-0.2, 0) is 0 Å². The molecule has 0 fully saturated rings. The minimum atomic E-state index is -0.923. The summed E-state index contributed by atoms with van der Waals surface area (Å²) >= 11 is 3.39. The van der Waals surface area contributed by atoms with Crippen molar-refractivity contribution in [1.82, 2.24) is 14.7 Å². The van der Waals surface area contributed by atoms with Gasteiger partial charge in [-0.05, 0) is 45.0 Å². The van der Waals surface area contributed by atoms with Gasteiger partial charge in [-0.25, -0.2) is 4.68 Å². The summed E-state index contributed by atoms with van der Waals surface area (Å²) in [5.41, 5.74) is 0.467. The van der Waals surface area contributed by atoms with Crippen molar-refractivity contribution >= 4 is 21.8 Å². The molecule has 0 saturated carbocycles. The van der Waals surface area contributed by atoms with Gasteiger partial charge in [0, 0.05) is 23.8 Å². The van der Waals surface area contributed by atoms with Crippen LogP contribution in [0.5, 0.6) is 0 Å². The second-order valence-electron chi connectivity index (χ2n) is 5.78. The first-order chi connectivity index (χ1) is 10.3. The first kappa shape index (κ1) is 16.7. The van der Waals surface area contributed by atoms with E-state index in [9.17, 15) is 9.90 Å². The van der Waals surface area contributed by atoms with Crippen LogP contribution >= 0.6 is 15.9 Å². The predicted molar refractivity (Wildman–Crippen MR) is 89.1 cm³/mol. The van der Waals surface area contributed by atoms with E-state index in [4.69, 9.17) is 0 Å². The summed E-state index contributed by atoms with van der Waals surface area (Å²) in [6.07, 6.45) is 3.26. The third-order valence-corrected chi connectivity index (χ3v) is 3.70. The highest BCUT2D eigenvalue weighted by atomic mass is 79.9. The Morgan fingerprint density at radius 2 is 2.00 bits per heavy atom. The Hall–Kier alpha value is -1.66. The number of carbonyl (C=O) groups excluding carboxylic acids is 1. The van der Waals surface area contributed by atoms with Gasteiger partial charge in [0.15, 0.2) is 0 Å². The maximum Gasteiger partial charge on any atom is 0.257 e. The molecule has 1 amide bonds. The van der Waals surface area contributed by atoms with Crippen molar-refractivity contribution in [3.8, 4) is 5.69 Å². The van der Waals surface area contributed by atoms with E-state index >= 15 is 0 Å². The molecule has 1 aromatic carbocycles. The smallest absolute Gasteiger partial charge is 0.257 e. The van der Waals surface area contributed by atoms with Gasteiger partial charge in [0.1, 0.15) is 0 Å². The van der Waals surface area contributed by atoms with E-state index < -0.39 is 5.60 Å². The first-order valence-electron chi connectivity index (χ1n) is 7.12. The molecule has 0 atom stereocenters. The molecule has 0 saturated heterocycles. The number of hydrogen-bond donors (Lipinski definition) is 1. The number of hydrogen-bond acceptors (Lipinski definition) is 3. The van der Waals surface area contributed by atoms with Gasteiger partial charge in [0.25, 0.3) is 5.91 Å². The molecule has 2 rings (SSSR count). The molecule has 1 N–H and O–H groups in total. The van der Waals surface area contributed by atoms with Crippen LogP contribution < -0.4 is 0 Å². The molecular formula is C16H20BrN3O2. The van der Waals surface area contributed by atoms with Crippen LogP contribution in [-0.4, -0.2) is 44.4 Å². The zero-order valence-electron chi connectivity index (χ0n) is 13.0. The fourth-order valence-corrected chi connectivity index (χ4v) is 2.41. The fraction of sp³-hybridized carbons (Fsp3) is 0.375. The van der Waals surface area contributed by atoms with E-state index in [1.807, 2.05) is 31.2 Å². The number of nitrogens with zero attached hydrogens (tertiary/aromatic N) is 3. The van der Waals surface area contributed by atoms with Gasteiger partial charge in [-0.15, -0.1) is 0 Å². The Morgan fingerprint density at radius 1 is 1.36 bits per heavy atom. The fourth-order valence-electron chi connectivity index (χ4n) is 2.15. The number of amides is 1. The lowest BCUT2D eigenvalue weighted by atomic mass is 10.1. The molecule has 1 aromatic heterocycles. The maximum absolute atomic E-state index is 12.5. The molecule has 0 unspecified atom stereocenters. The van der Waals surface area contributed by atoms with Crippen molar-refractivity contribution in [3.05, 3.63) is 46.7 Å². The summed E-state index contributed by atoms with van der Waals surface area (Å²) in [6, 6.07) is 7.68. The molecule has 6 heteroatoms. The zero-order chi connectivity index (χ0) is 16.3. The van der Waals surface area contributed by atoms with Crippen LogP contribution in [0.1, 0.15) is 31.1 Å². The molecular weight excluding hydrogens is 346 g/mol. The highest BCUT2D eigenvalue weighted by molar-refractivity contribution is 9.10. The number of benzene rings is 1. The number of aromatic nitrogens is 2. The van der Waals surface area contributed by atoms with Gasteiger partial charge >= 0.3 is 0 Å². The Bertz CT molecular complexity index is 644. The number of halogens is 1. The molecule has 0 spiro atoms. The molecule has 0 aliphatic heterocycles. The number of rotatable bonds is 5. The third kappa shape index (κ3) is 4.18. The Labute approximate surface area is 138 Å². The average molecular weight is 366 g/mol. The van der Waals surface area contributed by atoms with Gasteiger partial charge < -0.3 is 10.0 Å². The molecule has 0 aliphatic rings. The average Bonchev–Trinajstić information content (AvgIpc) is 2.93. The van der Waals surface area contributed by atoms with E-state index in [2.05, 4.69) is 21.0 Å². The lowest BCUT2D eigenvalue weighted by molar-refractivity contribution is 0.0314. The van der Waals surface area contributed by atoms with Crippen LogP contribution in [0.4, 0.5) is 0 Å². The lowest BCUT2D eigenvalue weighted by Gasteiger charge is -2.27. The summed E-state index contributed by atoms with van der Waals surface area (Å²) in [5.74, 6) is -0.131. The quantitative estimate of drug-likeness (QED) is 0.885. The molecule has 2 aromatic rings. The Morgan fingerprint density at radius 3 is 2.55 bits per heavy atom. The standard InChI is InChI=1S/C16H20BrN3O2/c1-4-19(11-16(2,3)22)15(21)12-9-18-20(10-12)14-7-5-13(17)6-8-14/h5-10,22H,4,11H2,1-3H3. The number of aliphatic hydroxyl groups is 1. The number of carbonyl (C=O) groups is 1. The van der Waals surface area contributed by atoms with Crippen LogP contribution in [0, 0.1) is 0 Å². The molecule has 22 heavy (non-hydrogen) atoms. The van der Waals surface area contributed by atoms with Crippen molar-refractivity contribution < 1.29 is 9.90 Å². The zero-order valence-corrected chi connectivity index (χ0v) is 14.5. The third-order valence-electron chi connectivity index (χ3n) is 3.17. The van der Waals surface area contributed by atoms with Crippen LogP contribution in [0.15, 0.2) is 41.1 Å². The molecule has 0 aliphatic carbocycles. The molecule has 0 bridgehead atoms. The van der Waals surface area contributed by atoms with E-state index in [0.29, 0.717) is 12.1 Å². The van der Waals surface area contributed by atoms with Crippen molar-refractivity contribution in [2.45, 2.75) is 26.4 Å². The van der Waals surface area contributed by atoms with E-state index in [0.717, 1.165) is 10.2 Å². The van der Waals surface area contributed by atoms with Gasteiger partial charge in [-0.3, -0.25) is 4.79 Å². The second-order valence-corrected chi connectivity index (χ2v) is 6.70. The van der Waals surface area contributed by atoms with E-state index in [1.54, 1.807) is 35.8 Å². The maximum atomic E-state index is 12.5. The summed E-state index contributed by atoms with van der Waals surface area (Å²) in [6.45, 7) is 6.09. The Balaban J connectivity index is 2.19. The second kappa shape index (κ2) is 6.62. The lowest BCUT2D eigenvalue weighted by Crippen LogP contribution is -2.42. The summed E-state index contributed by atoms with van der Waals surface area (Å²) in [4.78, 5) is 14.1. The van der Waals surface area contributed by atoms with E-state index in [1.165, 1.54) is 0 Å². The summed E-state index contributed by atoms with van der Waals surface area (Å²) in [5, 5.41) is 14.1. The summed E-state index contributed by atoms with van der Waals surface area (Å²) in [7, 11) is 0. The van der Waals surface area contributed by atoms with Crippen molar-refractivity contribution in [2.75, 3.05) is 13.1 Å². The highest BCUT2D eigenvalue weighted by Crippen LogP contribution is 2.15. The first-order valence-corrected chi connectivity index (χ1v) is 7.92. The largest absolute Gasteiger partial charge is 0.389 e. The minimum absolute atomic E-state index is 0.131. The SMILES string of the molecule is CCN(CC(C)(C)O)C(=O)c1cnn(-c2ccc(Br)cc2)c1. The highest BCUT2D eigenvalue weighted by Gasteiger charge is 2.23. The molecule has 118 valence electrons. The molecule has 5 nitrogen and oxygen atoms in total. The molecule has 1 heterocycles. The van der Waals surface area contributed by atoms with Crippen molar-refractivity contribution in [3.63, 3.8) is 0 Å². The Kier molecular flexibility index (Phi) is 5.03. The van der Waals surface area contributed by atoms with Gasteiger partial charge in [-0.1, -0.05) is 15.9 Å². The van der Waals surface area contributed by atoms with Crippen molar-refractivity contribution in [2.24, 2.45) is 0 Å². The van der Waals surface area contributed by atoms with Crippen LogP contribution in [0.3, 0.4) is 0 Å². The predicted octanol–water partition coefficient (Wildman–Crippen LogP) is 2.87. The van der Waals surface area contributed by atoms with Crippen LogP contribution in [0.25, 0.3) is 5.69 Å². The summed E-state index contributed by atoms with van der Waals surface area (Å²) < 4.78 is 2.65. The van der Waals surface area contributed by atoms with Crippen LogP contribution in [0.2, 0.25) is 0 Å². The topological polar surface area (TPSA) is 58.4 Å². The van der Waals surface area contributed by atoms with E-state index in [-0.39, 0.29) is 12.5 Å². The van der Waals surface area contributed by atoms with Crippen molar-refractivity contribution in [1.29, 1.82) is 0 Å². The minimum Gasteiger partial charge on any atom is -0.389 e. The van der Waals surface area contributed by atoms with Gasteiger partial charge in [-0.2, -0.15) is 5.10 Å². The van der Waals surface area contributed by atoms with Gasteiger partial charge in [0.05, 0.1) is 23.0 Å². The monoisotopic (exact) mass is 365 g/mol. The normalized spacial score (nSPS) is 11.5. The molecule has 0 radical (unpaired) electrons. The van der Waals surface area contributed by atoms with Gasteiger partial charge in [0.2, 0.25) is 0 Å². The number of likely N-dealkylation sites (N-methyl/N-ethyl adjacent to an activating group) is 1.